The third kappa shape index (κ3) is 5.96. The Bertz CT molecular complexity index is 408. The number of unbranched alkanes of at least 4 members (excludes halogenated alkanes) is 1. The Labute approximate surface area is 146 Å². The number of hydrogen-bond acceptors (Lipinski definition) is 3. The van der Waals surface area contributed by atoms with Crippen LogP contribution in [0.4, 0.5) is 0 Å². The molecular formula is C18H34N4O2. The van der Waals surface area contributed by atoms with Crippen LogP contribution in [0, 0.1) is 5.92 Å². The number of nitrogens with one attached hydrogen (secondary N) is 2. The van der Waals surface area contributed by atoms with Crippen molar-refractivity contribution in [1.29, 1.82) is 0 Å². The smallest absolute Gasteiger partial charge is 0.225 e. The van der Waals surface area contributed by atoms with Gasteiger partial charge < -0.3 is 20.3 Å². The van der Waals surface area contributed by atoms with E-state index in [0.29, 0.717) is 11.9 Å². The van der Waals surface area contributed by atoms with Crippen molar-refractivity contribution in [3.63, 3.8) is 0 Å². The molecule has 2 fully saturated rings. The quantitative estimate of drug-likeness (QED) is 0.402. The number of ether oxygens (including phenoxy) is 1. The van der Waals surface area contributed by atoms with Crippen molar-refractivity contribution in [2.24, 2.45) is 10.9 Å². The molecule has 0 bridgehead atoms. The van der Waals surface area contributed by atoms with Crippen LogP contribution in [0.5, 0.6) is 0 Å². The lowest BCUT2D eigenvalue weighted by molar-refractivity contribution is -0.134. The van der Waals surface area contributed by atoms with Crippen LogP contribution in [0.25, 0.3) is 0 Å². The number of carbonyl (C=O) groups excluding carboxylic acids is 1. The topological polar surface area (TPSA) is 66.0 Å². The number of carbonyl (C=O) groups is 1. The maximum absolute atomic E-state index is 12.5. The molecule has 0 aromatic rings. The second-order valence-electron chi connectivity index (χ2n) is 6.80. The molecule has 1 atom stereocenters. The molecule has 6 heteroatoms. The summed E-state index contributed by atoms with van der Waals surface area (Å²) < 4.78 is 5.34. The highest BCUT2D eigenvalue weighted by atomic mass is 16.5. The maximum Gasteiger partial charge on any atom is 0.225 e. The zero-order chi connectivity index (χ0) is 17.2. The van der Waals surface area contributed by atoms with Crippen LogP contribution >= 0.6 is 0 Å². The Balaban J connectivity index is 1.64. The van der Waals surface area contributed by atoms with E-state index in [0.717, 1.165) is 70.9 Å². The minimum Gasteiger partial charge on any atom is -0.382 e. The van der Waals surface area contributed by atoms with E-state index in [1.54, 1.807) is 7.05 Å². The molecule has 6 nitrogen and oxygen atoms in total. The standard InChI is InChI=1S/C18H34N4O2/c1-3-24-13-7-6-11-20-18(19-2)21-16-10-12-22(14-16)17(23)15-8-4-5-9-15/h15-16H,3-14H2,1-2H3,(H2,19,20,21). The zero-order valence-electron chi connectivity index (χ0n) is 15.4. The van der Waals surface area contributed by atoms with E-state index in [9.17, 15) is 4.79 Å². The highest BCUT2D eigenvalue weighted by Gasteiger charge is 2.32. The highest BCUT2D eigenvalue weighted by Crippen LogP contribution is 2.27. The molecule has 1 heterocycles. The van der Waals surface area contributed by atoms with Crippen LogP contribution in [-0.4, -0.2) is 62.7 Å². The van der Waals surface area contributed by atoms with Crippen LogP contribution < -0.4 is 10.6 Å². The van der Waals surface area contributed by atoms with Gasteiger partial charge in [0.05, 0.1) is 0 Å². The lowest BCUT2D eigenvalue weighted by atomic mass is 10.1. The summed E-state index contributed by atoms with van der Waals surface area (Å²) in [6.45, 7) is 6.20. The molecule has 138 valence electrons. The molecule has 0 aromatic heterocycles. The number of aliphatic imine (C=N–C) groups is 1. The molecule has 24 heavy (non-hydrogen) atoms. The van der Waals surface area contributed by atoms with Gasteiger partial charge in [0.1, 0.15) is 0 Å². The molecular weight excluding hydrogens is 304 g/mol. The Morgan fingerprint density at radius 1 is 1.25 bits per heavy atom. The molecule has 1 unspecified atom stereocenters. The summed E-state index contributed by atoms with van der Waals surface area (Å²) in [4.78, 5) is 18.8. The van der Waals surface area contributed by atoms with Gasteiger partial charge in [-0.05, 0) is 39.0 Å². The molecule has 2 N–H and O–H groups in total. The number of guanidine groups is 1. The van der Waals surface area contributed by atoms with Crippen LogP contribution in [0.3, 0.4) is 0 Å². The molecule has 2 rings (SSSR count). The molecule has 1 amide bonds. The van der Waals surface area contributed by atoms with Gasteiger partial charge in [-0.15, -0.1) is 0 Å². The Kier molecular flexibility index (Phi) is 8.36. The van der Waals surface area contributed by atoms with Crippen molar-refractivity contribution in [1.82, 2.24) is 15.5 Å². The first kappa shape index (κ1) is 19.0. The van der Waals surface area contributed by atoms with Crippen LogP contribution in [0.2, 0.25) is 0 Å². The fourth-order valence-electron chi connectivity index (χ4n) is 3.58. The molecule has 0 aromatic carbocycles. The zero-order valence-corrected chi connectivity index (χ0v) is 15.4. The Morgan fingerprint density at radius 2 is 2.04 bits per heavy atom. The van der Waals surface area contributed by atoms with Gasteiger partial charge in [-0.25, -0.2) is 0 Å². The lowest BCUT2D eigenvalue weighted by Crippen LogP contribution is -2.45. The van der Waals surface area contributed by atoms with Gasteiger partial charge in [-0.2, -0.15) is 0 Å². The number of hydrogen-bond donors (Lipinski definition) is 2. The third-order valence-corrected chi connectivity index (χ3v) is 4.98. The Morgan fingerprint density at radius 3 is 2.75 bits per heavy atom. The van der Waals surface area contributed by atoms with E-state index in [2.05, 4.69) is 15.6 Å². The van der Waals surface area contributed by atoms with Gasteiger partial charge in [0.15, 0.2) is 5.96 Å². The number of nitrogens with zero attached hydrogens (tertiary/aromatic N) is 2. The van der Waals surface area contributed by atoms with E-state index in [1.165, 1.54) is 12.8 Å². The summed E-state index contributed by atoms with van der Waals surface area (Å²) in [5.74, 6) is 1.49. The first-order chi connectivity index (χ1) is 11.7. The van der Waals surface area contributed by atoms with Crippen LogP contribution in [0.1, 0.15) is 51.9 Å². The minimum atomic E-state index is 0.284. The van der Waals surface area contributed by atoms with E-state index in [-0.39, 0.29) is 5.92 Å². The largest absolute Gasteiger partial charge is 0.382 e. The van der Waals surface area contributed by atoms with Gasteiger partial charge in [0.2, 0.25) is 5.91 Å². The lowest BCUT2D eigenvalue weighted by Gasteiger charge is -2.21. The molecule has 0 radical (unpaired) electrons. The third-order valence-electron chi connectivity index (χ3n) is 4.98. The first-order valence-corrected chi connectivity index (χ1v) is 9.58. The van der Waals surface area contributed by atoms with Crippen LogP contribution in [-0.2, 0) is 9.53 Å². The fraction of sp³-hybridized carbons (Fsp3) is 0.889. The second-order valence-corrected chi connectivity index (χ2v) is 6.80. The van der Waals surface area contributed by atoms with Crippen molar-refractivity contribution in [3.05, 3.63) is 0 Å². The number of rotatable bonds is 8. The molecule has 1 saturated carbocycles. The molecule has 0 spiro atoms. The van der Waals surface area contributed by atoms with Crippen molar-refractivity contribution in [2.45, 2.75) is 57.9 Å². The summed E-state index contributed by atoms with van der Waals surface area (Å²) in [7, 11) is 1.80. The Hall–Kier alpha value is -1.30. The summed E-state index contributed by atoms with van der Waals surface area (Å²) >= 11 is 0. The van der Waals surface area contributed by atoms with E-state index in [4.69, 9.17) is 4.74 Å². The summed E-state index contributed by atoms with van der Waals surface area (Å²) in [6.07, 6.45) is 7.72. The highest BCUT2D eigenvalue weighted by molar-refractivity contribution is 5.81. The van der Waals surface area contributed by atoms with Crippen molar-refractivity contribution < 1.29 is 9.53 Å². The van der Waals surface area contributed by atoms with Gasteiger partial charge >= 0.3 is 0 Å². The summed E-state index contributed by atoms with van der Waals surface area (Å²) in [6, 6.07) is 0.310. The van der Waals surface area contributed by atoms with Gasteiger partial charge in [0.25, 0.3) is 0 Å². The fourth-order valence-corrected chi connectivity index (χ4v) is 3.58. The monoisotopic (exact) mass is 338 g/mol. The van der Waals surface area contributed by atoms with Gasteiger partial charge in [0, 0.05) is 51.9 Å². The second kappa shape index (κ2) is 10.5. The predicted octanol–water partition coefficient (Wildman–Crippen LogP) is 1.76. The van der Waals surface area contributed by atoms with E-state index < -0.39 is 0 Å². The van der Waals surface area contributed by atoms with Crippen molar-refractivity contribution >= 4 is 11.9 Å². The van der Waals surface area contributed by atoms with E-state index in [1.807, 2.05) is 11.8 Å². The number of amides is 1. The molecule has 2 aliphatic rings. The van der Waals surface area contributed by atoms with Gasteiger partial charge in [-0.3, -0.25) is 9.79 Å². The van der Waals surface area contributed by atoms with E-state index >= 15 is 0 Å². The van der Waals surface area contributed by atoms with Crippen LogP contribution in [0.15, 0.2) is 4.99 Å². The average Bonchev–Trinajstić information content (AvgIpc) is 3.28. The van der Waals surface area contributed by atoms with Gasteiger partial charge in [-0.1, -0.05) is 12.8 Å². The minimum absolute atomic E-state index is 0.284. The maximum atomic E-state index is 12.5. The first-order valence-electron chi connectivity index (χ1n) is 9.58. The summed E-state index contributed by atoms with van der Waals surface area (Å²) in [5, 5.41) is 6.81. The molecule has 1 aliphatic heterocycles. The molecule has 1 aliphatic carbocycles. The average molecular weight is 338 g/mol. The van der Waals surface area contributed by atoms with Crippen molar-refractivity contribution in [3.8, 4) is 0 Å². The SMILES string of the molecule is CCOCCCCNC(=NC)NC1CCN(C(=O)C2CCCC2)C1. The van der Waals surface area contributed by atoms with Crippen molar-refractivity contribution in [2.75, 3.05) is 39.9 Å². The molecule has 1 saturated heterocycles. The normalized spacial score (nSPS) is 22.2. The predicted molar refractivity (Wildman–Crippen MR) is 97.2 cm³/mol. The number of likely N-dealkylation sites (tertiary alicyclic amines) is 1. The summed E-state index contributed by atoms with van der Waals surface area (Å²) in [5.41, 5.74) is 0.